The Hall–Kier alpha value is -0.870. The second kappa shape index (κ2) is 3.69. The lowest BCUT2D eigenvalue weighted by molar-refractivity contribution is -0.138. The molecule has 1 aliphatic heterocycles. The number of aliphatic hydroxyl groups excluding tert-OH is 1. The summed E-state index contributed by atoms with van der Waals surface area (Å²) in [6, 6.07) is 0. The normalized spacial score (nSPS) is 25.2. The molecule has 1 saturated heterocycles. The summed E-state index contributed by atoms with van der Waals surface area (Å²) in [6.07, 6.45) is -1.11. The number of esters is 1. The molecular formula is C8H12O4. The molecule has 0 radical (unpaired) electrons. The summed E-state index contributed by atoms with van der Waals surface area (Å²) in [5.74, 6) is -0.283. The van der Waals surface area contributed by atoms with Crippen molar-refractivity contribution >= 4 is 5.97 Å². The lowest BCUT2D eigenvalue weighted by atomic mass is 10.3. The van der Waals surface area contributed by atoms with Gasteiger partial charge in [-0.1, -0.05) is 6.58 Å². The number of hydrogen-bond donors (Lipinski definition) is 1. The van der Waals surface area contributed by atoms with E-state index in [4.69, 9.17) is 4.74 Å². The highest BCUT2D eigenvalue weighted by molar-refractivity contribution is 5.71. The van der Waals surface area contributed by atoms with Crippen molar-refractivity contribution in [1.82, 2.24) is 0 Å². The molecule has 4 nitrogen and oxygen atoms in total. The number of carbonyl (C=O) groups is 1. The minimum absolute atomic E-state index is 0.213. The fourth-order valence-electron chi connectivity index (χ4n) is 0.875. The van der Waals surface area contributed by atoms with Crippen molar-refractivity contribution < 1.29 is 19.4 Å². The smallest absolute Gasteiger partial charge is 0.308 e. The number of carbonyl (C=O) groups excluding carboxylic acids is 1. The molecule has 1 heterocycles. The van der Waals surface area contributed by atoms with Gasteiger partial charge < -0.3 is 14.6 Å². The second-order valence-corrected chi connectivity index (χ2v) is 2.84. The maximum atomic E-state index is 10.6. The van der Waals surface area contributed by atoms with Crippen LogP contribution in [0, 0.1) is 0 Å². The van der Waals surface area contributed by atoms with E-state index in [-0.39, 0.29) is 25.1 Å². The van der Waals surface area contributed by atoms with Crippen LogP contribution >= 0.6 is 0 Å². The third-order valence-electron chi connectivity index (χ3n) is 1.57. The Balaban J connectivity index is 2.32. The molecule has 0 aromatic carbocycles. The number of aliphatic hydroxyl groups is 1. The molecule has 0 amide bonds. The highest BCUT2D eigenvalue weighted by Crippen LogP contribution is 2.13. The summed E-state index contributed by atoms with van der Waals surface area (Å²) in [6.45, 7) is 5.40. The van der Waals surface area contributed by atoms with Crippen LogP contribution < -0.4 is 0 Å². The molecule has 1 aliphatic rings. The van der Waals surface area contributed by atoms with Gasteiger partial charge in [0.15, 0.2) is 6.29 Å². The van der Waals surface area contributed by atoms with E-state index in [2.05, 4.69) is 11.3 Å². The number of hydrogen-bond acceptors (Lipinski definition) is 4. The van der Waals surface area contributed by atoms with Crippen LogP contribution in [0.25, 0.3) is 0 Å². The quantitative estimate of drug-likeness (QED) is 0.375. The lowest BCUT2D eigenvalue weighted by Gasteiger charge is -2.14. The van der Waals surface area contributed by atoms with Gasteiger partial charge in [-0.25, -0.2) is 0 Å². The average molecular weight is 172 g/mol. The predicted octanol–water partition coefficient (Wildman–Crippen LogP) is 0.213. The molecule has 1 fully saturated rings. The first-order valence-electron chi connectivity index (χ1n) is 3.74. The first-order valence-corrected chi connectivity index (χ1v) is 3.74. The predicted molar refractivity (Wildman–Crippen MR) is 41.3 cm³/mol. The molecule has 4 heteroatoms. The Bertz CT molecular complexity index is 199. The fourth-order valence-corrected chi connectivity index (χ4v) is 0.875. The Labute approximate surface area is 70.8 Å². The van der Waals surface area contributed by atoms with Gasteiger partial charge in [-0.2, -0.15) is 0 Å². The molecule has 1 N–H and O–H groups in total. The highest BCUT2D eigenvalue weighted by atomic mass is 16.6. The second-order valence-electron chi connectivity index (χ2n) is 2.84. The van der Waals surface area contributed by atoms with Crippen molar-refractivity contribution in [1.29, 1.82) is 0 Å². The standard InChI is InChI=1S/C8H12O4/c1-5(2)8(10)12-6-3-7(9)11-4-6/h6,8,10H,1,3-4H2,2H3. The largest absolute Gasteiger partial charge is 0.463 e. The molecule has 12 heavy (non-hydrogen) atoms. The lowest BCUT2D eigenvalue weighted by Crippen LogP contribution is -2.22. The Morgan fingerprint density at radius 2 is 2.58 bits per heavy atom. The molecule has 0 saturated carbocycles. The molecule has 68 valence electrons. The van der Waals surface area contributed by atoms with Crippen LogP contribution in [-0.2, 0) is 14.3 Å². The van der Waals surface area contributed by atoms with Crippen LogP contribution in [0.1, 0.15) is 13.3 Å². The van der Waals surface area contributed by atoms with E-state index in [9.17, 15) is 9.90 Å². The summed E-state index contributed by atoms with van der Waals surface area (Å²) < 4.78 is 9.69. The number of cyclic esters (lactones) is 1. The molecule has 0 bridgehead atoms. The first-order chi connectivity index (χ1) is 5.59. The van der Waals surface area contributed by atoms with Crippen LogP contribution in [-0.4, -0.2) is 30.1 Å². The van der Waals surface area contributed by atoms with Gasteiger partial charge in [-0.15, -0.1) is 0 Å². The van der Waals surface area contributed by atoms with Crippen LogP contribution in [0.4, 0.5) is 0 Å². The van der Waals surface area contributed by atoms with Crippen molar-refractivity contribution in [2.24, 2.45) is 0 Å². The van der Waals surface area contributed by atoms with E-state index in [0.29, 0.717) is 5.57 Å². The van der Waals surface area contributed by atoms with E-state index >= 15 is 0 Å². The fraction of sp³-hybridized carbons (Fsp3) is 0.625. The van der Waals surface area contributed by atoms with Crippen LogP contribution in [0.2, 0.25) is 0 Å². The topological polar surface area (TPSA) is 55.8 Å². The molecule has 2 unspecified atom stereocenters. The van der Waals surface area contributed by atoms with E-state index in [1.807, 2.05) is 0 Å². The minimum atomic E-state index is -0.996. The van der Waals surface area contributed by atoms with Gasteiger partial charge in [-0.05, 0) is 12.5 Å². The van der Waals surface area contributed by atoms with Crippen molar-refractivity contribution in [2.45, 2.75) is 25.7 Å². The maximum absolute atomic E-state index is 10.6. The van der Waals surface area contributed by atoms with Crippen molar-refractivity contribution in [2.75, 3.05) is 6.61 Å². The van der Waals surface area contributed by atoms with Crippen LogP contribution in [0.5, 0.6) is 0 Å². The molecule has 0 spiro atoms. The molecule has 2 atom stereocenters. The number of ether oxygens (including phenoxy) is 2. The van der Waals surface area contributed by atoms with E-state index in [1.165, 1.54) is 0 Å². The first kappa shape index (κ1) is 9.22. The van der Waals surface area contributed by atoms with Gasteiger partial charge in [-0.3, -0.25) is 4.79 Å². The van der Waals surface area contributed by atoms with Crippen LogP contribution in [0.15, 0.2) is 12.2 Å². The number of rotatable bonds is 3. The van der Waals surface area contributed by atoms with E-state index in [0.717, 1.165) is 0 Å². The van der Waals surface area contributed by atoms with Crippen molar-refractivity contribution in [3.8, 4) is 0 Å². The van der Waals surface area contributed by atoms with Gasteiger partial charge in [0.2, 0.25) is 0 Å². The average Bonchev–Trinajstić information content (AvgIpc) is 2.35. The minimum Gasteiger partial charge on any atom is -0.463 e. The summed E-state index contributed by atoms with van der Waals surface area (Å²) >= 11 is 0. The zero-order chi connectivity index (χ0) is 9.14. The van der Waals surface area contributed by atoms with Gasteiger partial charge in [0, 0.05) is 0 Å². The monoisotopic (exact) mass is 172 g/mol. The summed E-state index contributed by atoms with van der Waals surface area (Å²) in [7, 11) is 0. The zero-order valence-corrected chi connectivity index (χ0v) is 6.95. The molecular weight excluding hydrogens is 160 g/mol. The van der Waals surface area contributed by atoms with Gasteiger partial charge in [0.1, 0.15) is 12.7 Å². The van der Waals surface area contributed by atoms with Gasteiger partial charge >= 0.3 is 5.97 Å². The molecule has 0 aromatic rings. The SMILES string of the molecule is C=C(C)C(O)OC1COC(=O)C1. The molecule has 0 aliphatic carbocycles. The molecule has 1 rings (SSSR count). The van der Waals surface area contributed by atoms with E-state index < -0.39 is 6.29 Å². The highest BCUT2D eigenvalue weighted by Gasteiger charge is 2.26. The Morgan fingerprint density at radius 1 is 1.92 bits per heavy atom. The Kier molecular flexibility index (Phi) is 2.83. The zero-order valence-electron chi connectivity index (χ0n) is 6.95. The van der Waals surface area contributed by atoms with Gasteiger partial charge in [0.05, 0.1) is 6.42 Å². The Morgan fingerprint density at radius 3 is 3.00 bits per heavy atom. The third-order valence-corrected chi connectivity index (χ3v) is 1.57. The summed E-state index contributed by atoms with van der Waals surface area (Å²) in [5.41, 5.74) is 0.523. The van der Waals surface area contributed by atoms with Crippen molar-refractivity contribution in [3.05, 3.63) is 12.2 Å². The summed E-state index contributed by atoms with van der Waals surface area (Å²) in [4.78, 5) is 10.6. The van der Waals surface area contributed by atoms with Crippen LogP contribution in [0.3, 0.4) is 0 Å². The third kappa shape index (κ3) is 2.32. The maximum Gasteiger partial charge on any atom is 0.308 e. The van der Waals surface area contributed by atoms with Crippen molar-refractivity contribution in [3.63, 3.8) is 0 Å². The van der Waals surface area contributed by atoms with E-state index in [1.54, 1.807) is 6.92 Å². The molecule has 0 aromatic heterocycles. The van der Waals surface area contributed by atoms with Gasteiger partial charge in [0.25, 0.3) is 0 Å². The summed E-state index contributed by atoms with van der Waals surface area (Å²) in [5, 5.41) is 9.18.